The summed E-state index contributed by atoms with van der Waals surface area (Å²) in [5.74, 6) is 0.448. The summed E-state index contributed by atoms with van der Waals surface area (Å²) >= 11 is 0. The third kappa shape index (κ3) is 3.58. The number of aromatic nitrogens is 1. The standard InChI is InChI=1S/C23H19F3N4O/c24-23(25,26)17-5-3-4-15(12-17)16-7-8-19-20(13-16)30(18-9-11-29(19)14-18)22(31)28-21-6-1-2-10-27-21/h1-8,10,12-13,18H,9,11,14H2,(H,27,28,31)/t18-/m0/s1. The van der Waals surface area contributed by atoms with Crippen LogP contribution in [-0.4, -0.2) is 30.1 Å². The van der Waals surface area contributed by atoms with E-state index in [1.165, 1.54) is 6.07 Å². The highest BCUT2D eigenvalue weighted by molar-refractivity contribution is 6.05. The molecule has 0 unspecified atom stereocenters. The van der Waals surface area contributed by atoms with E-state index in [0.29, 0.717) is 22.6 Å². The fraction of sp³-hybridized carbons (Fsp3) is 0.217. The maximum absolute atomic E-state index is 13.2. The molecule has 0 radical (unpaired) electrons. The minimum Gasteiger partial charge on any atom is -0.368 e. The van der Waals surface area contributed by atoms with Crippen molar-refractivity contribution in [2.45, 2.75) is 18.6 Å². The van der Waals surface area contributed by atoms with Crippen LogP contribution in [0.5, 0.6) is 0 Å². The van der Waals surface area contributed by atoms with E-state index in [1.54, 1.807) is 41.4 Å². The number of benzene rings is 2. The first-order valence-electron chi connectivity index (χ1n) is 9.98. The van der Waals surface area contributed by atoms with Crippen molar-refractivity contribution in [3.05, 3.63) is 72.4 Å². The summed E-state index contributed by atoms with van der Waals surface area (Å²) in [6.45, 7) is 1.56. The minimum atomic E-state index is -4.41. The fourth-order valence-corrected chi connectivity index (χ4v) is 4.29. The molecule has 2 aliphatic rings. The van der Waals surface area contributed by atoms with Crippen LogP contribution in [-0.2, 0) is 6.18 Å². The largest absolute Gasteiger partial charge is 0.416 e. The Balaban J connectivity index is 1.54. The molecule has 2 aromatic carbocycles. The van der Waals surface area contributed by atoms with Gasteiger partial charge < -0.3 is 4.90 Å². The van der Waals surface area contributed by atoms with Gasteiger partial charge in [0, 0.05) is 19.3 Å². The van der Waals surface area contributed by atoms with Gasteiger partial charge in [0.2, 0.25) is 0 Å². The molecular weight excluding hydrogens is 405 g/mol. The van der Waals surface area contributed by atoms with E-state index >= 15 is 0 Å². The van der Waals surface area contributed by atoms with Crippen molar-refractivity contribution in [3.8, 4) is 11.1 Å². The Bertz CT molecular complexity index is 1130. The van der Waals surface area contributed by atoms with E-state index in [-0.39, 0.29) is 12.1 Å². The van der Waals surface area contributed by atoms with Gasteiger partial charge in [-0.3, -0.25) is 10.2 Å². The highest BCUT2D eigenvalue weighted by atomic mass is 19.4. The number of rotatable bonds is 2. The SMILES string of the molecule is O=C(Nc1ccccn1)N1c2cc(-c3cccc(C(F)(F)F)c3)ccc2N2CC[C@H]1C2. The predicted octanol–water partition coefficient (Wildman–Crippen LogP) is 5.40. The zero-order valence-corrected chi connectivity index (χ0v) is 16.4. The van der Waals surface area contributed by atoms with Crippen LogP contribution in [0, 0.1) is 0 Å². The molecule has 3 aromatic rings. The van der Waals surface area contributed by atoms with Crippen LogP contribution >= 0.6 is 0 Å². The Hall–Kier alpha value is -3.55. The lowest BCUT2D eigenvalue weighted by Gasteiger charge is -2.37. The lowest BCUT2D eigenvalue weighted by atomic mass is 10.00. The fourth-order valence-electron chi connectivity index (χ4n) is 4.29. The predicted molar refractivity (Wildman–Crippen MR) is 113 cm³/mol. The highest BCUT2D eigenvalue weighted by Gasteiger charge is 2.39. The zero-order valence-electron chi connectivity index (χ0n) is 16.4. The second kappa shape index (κ2) is 7.30. The van der Waals surface area contributed by atoms with Gasteiger partial charge in [0.25, 0.3) is 0 Å². The molecule has 0 aliphatic carbocycles. The third-order valence-corrected chi connectivity index (χ3v) is 5.75. The summed E-state index contributed by atoms with van der Waals surface area (Å²) in [4.78, 5) is 21.2. The first-order chi connectivity index (χ1) is 14.9. The topological polar surface area (TPSA) is 48.5 Å². The van der Waals surface area contributed by atoms with E-state index in [9.17, 15) is 18.0 Å². The van der Waals surface area contributed by atoms with Crippen LogP contribution in [0.25, 0.3) is 11.1 Å². The second-order valence-corrected chi connectivity index (χ2v) is 7.69. The summed E-state index contributed by atoms with van der Waals surface area (Å²) < 4.78 is 39.5. The third-order valence-electron chi connectivity index (χ3n) is 5.75. The lowest BCUT2D eigenvalue weighted by Crippen LogP contribution is -2.47. The Morgan fingerprint density at radius 1 is 1.00 bits per heavy atom. The molecule has 2 aliphatic heterocycles. The molecule has 158 valence electrons. The van der Waals surface area contributed by atoms with Gasteiger partial charge in [0.1, 0.15) is 5.82 Å². The number of alkyl halides is 3. The number of nitrogens with zero attached hydrogens (tertiary/aromatic N) is 3. The Labute approximate surface area is 177 Å². The van der Waals surface area contributed by atoms with E-state index in [1.807, 2.05) is 12.1 Å². The van der Waals surface area contributed by atoms with Gasteiger partial charge >= 0.3 is 12.2 Å². The van der Waals surface area contributed by atoms with Gasteiger partial charge in [0.05, 0.1) is 23.0 Å². The van der Waals surface area contributed by atoms with Crippen molar-refractivity contribution in [1.29, 1.82) is 0 Å². The average molecular weight is 424 g/mol. The van der Waals surface area contributed by atoms with Crippen LogP contribution < -0.4 is 15.1 Å². The molecule has 8 heteroatoms. The van der Waals surface area contributed by atoms with Gasteiger partial charge in [-0.15, -0.1) is 0 Å². The number of amides is 2. The van der Waals surface area contributed by atoms with Crippen LogP contribution in [0.1, 0.15) is 12.0 Å². The number of pyridine rings is 1. The number of urea groups is 1. The molecule has 2 bridgehead atoms. The Morgan fingerprint density at radius 3 is 2.61 bits per heavy atom. The van der Waals surface area contributed by atoms with E-state index in [0.717, 1.165) is 37.3 Å². The summed E-state index contributed by atoms with van der Waals surface area (Å²) in [5.41, 5.74) is 1.98. The average Bonchev–Trinajstić information content (AvgIpc) is 3.18. The number of carbonyl (C=O) groups excluding carboxylic acids is 1. The first-order valence-corrected chi connectivity index (χ1v) is 9.98. The number of halogens is 3. The van der Waals surface area contributed by atoms with Crippen molar-refractivity contribution >= 4 is 23.2 Å². The monoisotopic (exact) mass is 424 g/mol. The molecule has 5 nitrogen and oxygen atoms in total. The minimum absolute atomic E-state index is 0.00651. The van der Waals surface area contributed by atoms with Crippen molar-refractivity contribution < 1.29 is 18.0 Å². The van der Waals surface area contributed by atoms with E-state index < -0.39 is 11.7 Å². The molecule has 1 atom stereocenters. The molecule has 2 amide bonds. The van der Waals surface area contributed by atoms with Crippen molar-refractivity contribution in [2.75, 3.05) is 28.2 Å². The molecule has 5 rings (SSSR count). The smallest absolute Gasteiger partial charge is 0.368 e. The number of nitrogens with one attached hydrogen (secondary N) is 1. The molecule has 0 spiro atoms. The Kier molecular flexibility index (Phi) is 4.57. The van der Waals surface area contributed by atoms with Gasteiger partial charge in [-0.25, -0.2) is 9.78 Å². The van der Waals surface area contributed by atoms with Gasteiger partial charge in [0.15, 0.2) is 0 Å². The van der Waals surface area contributed by atoms with Crippen LogP contribution in [0.15, 0.2) is 66.9 Å². The molecule has 31 heavy (non-hydrogen) atoms. The maximum Gasteiger partial charge on any atom is 0.416 e. The quantitative estimate of drug-likeness (QED) is 0.599. The molecule has 1 fully saturated rings. The van der Waals surface area contributed by atoms with Crippen molar-refractivity contribution in [3.63, 3.8) is 0 Å². The molecule has 1 saturated heterocycles. The van der Waals surface area contributed by atoms with Gasteiger partial charge in [-0.1, -0.05) is 24.3 Å². The maximum atomic E-state index is 13.2. The lowest BCUT2D eigenvalue weighted by molar-refractivity contribution is -0.137. The van der Waals surface area contributed by atoms with Crippen LogP contribution in [0.4, 0.5) is 35.2 Å². The van der Waals surface area contributed by atoms with E-state index in [2.05, 4.69) is 15.2 Å². The normalized spacial score (nSPS) is 17.5. The summed E-state index contributed by atoms with van der Waals surface area (Å²) in [6.07, 6.45) is -1.99. The molecular formula is C23H19F3N4O. The van der Waals surface area contributed by atoms with Crippen LogP contribution in [0.3, 0.4) is 0 Å². The van der Waals surface area contributed by atoms with E-state index in [4.69, 9.17) is 0 Å². The van der Waals surface area contributed by atoms with Crippen molar-refractivity contribution in [2.24, 2.45) is 0 Å². The summed E-state index contributed by atoms with van der Waals surface area (Å²) in [6, 6.07) is 15.7. The number of hydrogen-bond acceptors (Lipinski definition) is 3. The number of fused-ring (bicyclic) bond motifs is 4. The molecule has 3 heterocycles. The summed E-state index contributed by atoms with van der Waals surface area (Å²) in [5, 5.41) is 2.83. The zero-order chi connectivity index (χ0) is 21.6. The highest BCUT2D eigenvalue weighted by Crippen LogP contribution is 2.43. The first kappa shape index (κ1) is 19.4. The number of carbonyl (C=O) groups is 1. The molecule has 1 aromatic heterocycles. The van der Waals surface area contributed by atoms with Gasteiger partial charge in [-0.2, -0.15) is 13.2 Å². The summed E-state index contributed by atoms with van der Waals surface area (Å²) in [7, 11) is 0. The number of hydrogen-bond donors (Lipinski definition) is 1. The van der Waals surface area contributed by atoms with Crippen LogP contribution in [0.2, 0.25) is 0 Å². The molecule has 0 saturated carbocycles. The van der Waals surface area contributed by atoms with Crippen molar-refractivity contribution in [1.82, 2.24) is 4.98 Å². The molecule has 1 N–H and O–H groups in total. The number of anilines is 3. The second-order valence-electron chi connectivity index (χ2n) is 7.69. The van der Waals surface area contributed by atoms with Gasteiger partial charge in [-0.05, 0) is 53.9 Å². The Morgan fingerprint density at radius 2 is 1.84 bits per heavy atom.